The summed E-state index contributed by atoms with van der Waals surface area (Å²) < 4.78 is 1.13. The Morgan fingerprint density at radius 2 is 1.93 bits per heavy atom. The molecule has 0 aliphatic heterocycles. The highest BCUT2D eigenvalue weighted by Gasteiger charge is 2.10. The molecule has 0 fully saturated rings. The van der Waals surface area contributed by atoms with Gasteiger partial charge in [0.2, 0.25) is 0 Å². The fourth-order valence-corrected chi connectivity index (χ4v) is 3.64. The van der Waals surface area contributed by atoms with Gasteiger partial charge in [0.25, 0.3) is 11.5 Å². The number of aromatic amines is 1. The normalized spacial score (nSPS) is 10.9. The Bertz CT molecular complexity index is 1060. The van der Waals surface area contributed by atoms with E-state index in [1.165, 1.54) is 4.90 Å². The van der Waals surface area contributed by atoms with Crippen molar-refractivity contribution in [1.82, 2.24) is 14.9 Å². The Morgan fingerprint density at radius 1 is 1.15 bits per heavy atom. The summed E-state index contributed by atoms with van der Waals surface area (Å²) in [5.41, 5.74) is -0.0175. The third-order valence-electron chi connectivity index (χ3n) is 4.18. The van der Waals surface area contributed by atoms with Gasteiger partial charge in [-0.1, -0.05) is 18.2 Å². The van der Waals surface area contributed by atoms with Gasteiger partial charge in [-0.05, 0) is 49.4 Å². The predicted molar refractivity (Wildman–Crippen MR) is 109 cm³/mol. The Balaban J connectivity index is 1.60. The second-order valence-electron chi connectivity index (χ2n) is 6.01. The summed E-state index contributed by atoms with van der Waals surface area (Å²) in [6, 6.07) is 14.9. The van der Waals surface area contributed by atoms with Crippen molar-refractivity contribution in [3.8, 4) is 0 Å². The number of benzene rings is 2. The lowest BCUT2D eigenvalue weighted by atomic mass is 10.1. The molecule has 0 radical (unpaired) electrons. The monoisotopic (exact) mass is 383 g/mol. The number of carbonyl (C=O) groups excluding carboxylic acids is 1. The van der Waals surface area contributed by atoms with Crippen molar-refractivity contribution in [2.45, 2.75) is 24.8 Å². The van der Waals surface area contributed by atoms with E-state index < -0.39 is 5.69 Å². The predicted octanol–water partition coefficient (Wildman–Crippen LogP) is 2.62. The summed E-state index contributed by atoms with van der Waals surface area (Å²) in [6.07, 6.45) is 0.844. The lowest BCUT2D eigenvalue weighted by Crippen LogP contribution is -2.34. The smallest absolute Gasteiger partial charge is 0.328 e. The summed E-state index contributed by atoms with van der Waals surface area (Å²) in [4.78, 5) is 40.4. The van der Waals surface area contributed by atoms with E-state index >= 15 is 0 Å². The molecule has 0 aliphatic carbocycles. The molecule has 6 nitrogen and oxygen atoms in total. The number of nitrogens with one attached hydrogen (secondary N) is 2. The van der Waals surface area contributed by atoms with Crippen molar-refractivity contribution in [2.24, 2.45) is 0 Å². The molecular weight excluding hydrogens is 362 g/mol. The van der Waals surface area contributed by atoms with Crippen molar-refractivity contribution >= 4 is 28.6 Å². The standard InChI is InChI=1S/C20H21N3O3S/c1-2-23-19(25)16-10-9-14(13-17(16)22-20(23)26)18(24)21-11-6-12-27-15-7-4-3-5-8-15/h3-5,7-10,13H,2,6,11-12H2,1H3,(H,21,24)(H,22,26). The summed E-state index contributed by atoms with van der Waals surface area (Å²) in [5.74, 6) is 0.688. The molecule has 140 valence electrons. The summed E-state index contributed by atoms with van der Waals surface area (Å²) in [6.45, 7) is 2.60. The third kappa shape index (κ3) is 4.49. The van der Waals surface area contributed by atoms with E-state index in [0.717, 1.165) is 16.7 Å². The van der Waals surface area contributed by atoms with E-state index in [-0.39, 0.29) is 11.5 Å². The highest BCUT2D eigenvalue weighted by atomic mass is 32.2. The van der Waals surface area contributed by atoms with Gasteiger partial charge in [-0.3, -0.25) is 14.2 Å². The highest BCUT2D eigenvalue weighted by Crippen LogP contribution is 2.17. The first-order valence-electron chi connectivity index (χ1n) is 8.83. The number of amides is 1. The van der Waals surface area contributed by atoms with Gasteiger partial charge >= 0.3 is 5.69 Å². The van der Waals surface area contributed by atoms with Crippen molar-refractivity contribution < 1.29 is 4.79 Å². The van der Waals surface area contributed by atoms with Crippen LogP contribution in [0.15, 0.2) is 63.0 Å². The van der Waals surface area contributed by atoms with Crippen molar-refractivity contribution in [3.63, 3.8) is 0 Å². The number of aromatic nitrogens is 2. The van der Waals surface area contributed by atoms with Gasteiger partial charge < -0.3 is 10.3 Å². The first-order chi connectivity index (χ1) is 13.1. The van der Waals surface area contributed by atoms with Gasteiger partial charge in [0.15, 0.2) is 0 Å². The maximum absolute atomic E-state index is 12.3. The number of rotatable bonds is 7. The minimum Gasteiger partial charge on any atom is -0.352 e. The van der Waals surface area contributed by atoms with Crippen molar-refractivity contribution in [2.75, 3.05) is 12.3 Å². The van der Waals surface area contributed by atoms with Crippen molar-refractivity contribution in [1.29, 1.82) is 0 Å². The topological polar surface area (TPSA) is 84.0 Å². The summed E-state index contributed by atoms with van der Waals surface area (Å²) in [5, 5.41) is 3.27. The molecule has 1 aromatic heterocycles. The molecule has 3 aromatic rings. The van der Waals surface area contributed by atoms with E-state index in [9.17, 15) is 14.4 Å². The Labute approximate surface area is 160 Å². The number of H-pyrrole nitrogens is 1. The molecule has 0 atom stereocenters. The summed E-state index contributed by atoms with van der Waals surface area (Å²) in [7, 11) is 0. The van der Waals surface area contributed by atoms with E-state index in [2.05, 4.69) is 22.4 Å². The molecule has 3 rings (SSSR count). The van der Waals surface area contributed by atoms with E-state index in [4.69, 9.17) is 0 Å². The molecule has 2 aromatic carbocycles. The number of fused-ring (bicyclic) bond motifs is 1. The average Bonchev–Trinajstić information content (AvgIpc) is 2.68. The summed E-state index contributed by atoms with van der Waals surface area (Å²) >= 11 is 1.75. The molecule has 0 aliphatic rings. The van der Waals surface area contributed by atoms with Crippen LogP contribution in [0.4, 0.5) is 0 Å². The van der Waals surface area contributed by atoms with Gasteiger partial charge in [0, 0.05) is 23.5 Å². The highest BCUT2D eigenvalue weighted by molar-refractivity contribution is 7.99. The molecule has 0 saturated heterocycles. The van der Waals surface area contributed by atoms with Crippen LogP contribution >= 0.6 is 11.8 Å². The van der Waals surface area contributed by atoms with E-state index in [0.29, 0.717) is 29.6 Å². The zero-order valence-electron chi connectivity index (χ0n) is 15.0. The molecule has 0 bridgehead atoms. The lowest BCUT2D eigenvalue weighted by molar-refractivity contribution is 0.0954. The number of nitrogens with zero attached hydrogens (tertiary/aromatic N) is 1. The van der Waals surface area contributed by atoms with Crippen LogP contribution in [0, 0.1) is 0 Å². The number of hydrogen-bond acceptors (Lipinski definition) is 4. The molecule has 0 saturated carbocycles. The molecular formula is C20H21N3O3S. The SMILES string of the molecule is CCn1c(=O)[nH]c2cc(C(=O)NCCCSc3ccccc3)ccc2c1=O. The molecule has 1 heterocycles. The average molecular weight is 383 g/mol. The van der Waals surface area contributed by atoms with Crippen LogP contribution in [0.1, 0.15) is 23.7 Å². The van der Waals surface area contributed by atoms with E-state index in [1.54, 1.807) is 36.9 Å². The van der Waals surface area contributed by atoms with Crippen LogP contribution in [-0.2, 0) is 6.54 Å². The maximum atomic E-state index is 12.3. The first-order valence-corrected chi connectivity index (χ1v) is 9.81. The minimum absolute atomic E-state index is 0.220. The van der Waals surface area contributed by atoms with Crippen LogP contribution < -0.4 is 16.6 Å². The molecule has 2 N–H and O–H groups in total. The Kier molecular flexibility index (Phi) is 6.13. The van der Waals surface area contributed by atoms with Gasteiger partial charge in [-0.15, -0.1) is 11.8 Å². The molecule has 0 spiro atoms. The van der Waals surface area contributed by atoms with Crippen molar-refractivity contribution in [3.05, 3.63) is 74.9 Å². The van der Waals surface area contributed by atoms with Crippen LogP contribution in [0.25, 0.3) is 10.9 Å². The lowest BCUT2D eigenvalue weighted by Gasteiger charge is -2.07. The number of thioether (sulfide) groups is 1. The second kappa shape index (κ2) is 8.73. The zero-order valence-corrected chi connectivity index (χ0v) is 15.8. The van der Waals surface area contributed by atoms with Crippen LogP contribution in [0.5, 0.6) is 0 Å². The van der Waals surface area contributed by atoms with Crippen LogP contribution in [-0.4, -0.2) is 27.8 Å². The third-order valence-corrected chi connectivity index (χ3v) is 5.28. The molecule has 27 heavy (non-hydrogen) atoms. The quantitative estimate of drug-likeness (QED) is 0.485. The zero-order chi connectivity index (χ0) is 19.2. The van der Waals surface area contributed by atoms with Gasteiger partial charge in [0.05, 0.1) is 10.9 Å². The second-order valence-corrected chi connectivity index (χ2v) is 7.18. The largest absolute Gasteiger partial charge is 0.352 e. The van der Waals surface area contributed by atoms with Gasteiger partial charge in [-0.2, -0.15) is 0 Å². The maximum Gasteiger partial charge on any atom is 0.328 e. The Morgan fingerprint density at radius 3 is 2.67 bits per heavy atom. The van der Waals surface area contributed by atoms with E-state index in [1.807, 2.05) is 18.2 Å². The fraction of sp³-hybridized carbons (Fsp3) is 0.250. The molecule has 0 unspecified atom stereocenters. The molecule has 1 amide bonds. The fourth-order valence-electron chi connectivity index (χ4n) is 2.77. The number of carbonyl (C=O) groups is 1. The number of hydrogen-bond donors (Lipinski definition) is 2. The van der Waals surface area contributed by atoms with Crippen LogP contribution in [0.3, 0.4) is 0 Å². The Hall–Kier alpha value is -2.80. The van der Waals surface area contributed by atoms with Gasteiger partial charge in [-0.25, -0.2) is 4.79 Å². The van der Waals surface area contributed by atoms with Crippen LogP contribution in [0.2, 0.25) is 0 Å². The first kappa shape index (κ1) is 19.0. The van der Waals surface area contributed by atoms with Gasteiger partial charge in [0.1, 0.15) is 0 Å². The molecule has 7 heteroatoms. The minimum atomic E-state index is -0.467.